The maximum atomic E-state index is 11.7. The molecule has 1 N–H and O–H groups in total. The van der Waals surface area contributed by atoms with Crippen LogP contribution in [0.5, 0.6) is 0 Å². The smallest absolute Gasteiger partial charge is 0.316 e. The SMILES string of the molecule is CC1(CC(F)(F)F)CNC1.Cl. The minimum atomic E-state index is -4.00. The number of rotatable bonds is 1. The molecule has 0 atom stereocenters. The highest BCUT2D eigenvalue weighted by Crippen LogP contribution is 2.35. The van der Waals surface area contributed by atoms with Crippen LogP contribution >= 0.6 is 12.4 Å². The molecule has 5 heteroatoms. The van der Waals surface area contributed by atoms with Crippen molar-refractivity contribution in [1.82, 2.24) is 5.32 Å². The van der Waals surface area contributed by atoms with Gasteiger partial charge in [0.1, 0.15) is 0 Å². The van der Waals surface area contributed by atoms with E-state index >= 15 is 0 Å². The van der Waals surface area contributed by atoms with E-state index < -0.39 is 18.0 Å². The quantitative estimate of drug-likeness (QED) is 0.665. The van der Waals surface area contributed by atoms with Gasteiger partial charge < -0.3 is 5.32 Å². The summed E-state index contributed by atoms with van der Waals surface area (Å²) in [6, 6.07) is 0. The highest BCUT2D eigenvalue weighted by atomic mass is 35.5. The third-order valence-corrected chi connectivity index (χ3v) is 1.73. The zero-order valence-corrected chi connectivity index (χ0v) is 6.98. The molecule has 1 rings (SSSR count). The number of hydrogen-bond donors (Lipinski definition) is 1. The molecule has 0 aromatic rings. The molecule has 0 spiro atoms. The van der Waals surface area contributed by atoms with Crippen molar-refractivity contribution in [3.8, 4) is 0 Å². The highest BCUT2D eigenvalue weighted by molar-refractivity contribution is 5.85. The molecule has 0 amide bonds. The van der Waals surface area contributed by atoms with Crippen LogP contribution in [-0.2, 0) is 0 Å². The molecule has 0 bridgehead atoms. The summed E-state index contributed by atoms with van der Waals surface area (Å²) in [5, 5.41) is 2.82. The molecular weight excluding hydrogens is 179 g/mol. The van der Waals surface area contributed by atoms with Crippen LogP contribution in [0.4, 0.5) is 13.2 Å². The molecule has 1 saturated heterocycles. The summed E-state index contributed by atoms with van der Waals surface area (Å²) >= 11 is 0. The van der Waals surface area contributed by atoms with E-state index in [-0.39, 0.29) is 12.4 Å². The van der Waals surface area contributed by atoms with Crippen molar-refractivity contribution < 1.29 is 13.2 Å². The van der Waals surface area contributed by atoms with Gasteiger partial charge in [0, 0.05) is 18.5 Å². The molecule has 1 aliphatic heterocycles. The van der Waals surface area contributed by atoms with Gasteiger partial charge in [-0.25, -0.2) is 0 Å². The van der Waals surface area contributed by atoms with E-state index in [1.54, 1.807) is 6.92 Å². The summed E-state index contributed by atoms with van der Waals surface area (Å²) in [5.41, 5.74) is -0.530. The van der Waals surface area contributed by atoms with Crippen LogP contribution < -0.4 is 5.32 Å². The van der Waals surface area contributed by atoms with Gasteiger partial charge in [-0.3, -0.25) is 0 Å². The predicted octanol–water partition coefficient (Wildman–Crippen LogP) is 1.97. The Balaban J connectivity index is 0.000001000. The lowest BCUT2D eigenvalue weighted by Crippen LogP contribution is -2.53. The molecule has 68 valence electrons. The predicted molar refractivity (Wildman–Crippen MR) is 38.9 cm³/mol. The maximum absolute atomic E-state index is 11.7. The first-order valence-electron chi connectivity index (χ1n) is 3.19. The number of nitrogens with one attached hydrogen (secondary N) is 1. The summed E-state index contributed by atoms with van der Waals surface area (Å²) in [7, 11) is 0. The average Bonchev–Trinajstić information content (AvgIpc) is 1.57. The molecule has 1 fully saturated rings. The summed E-state index contributed by atoms with van der Waals surface area (Å²) < 4.78 is 35.2. The molecule has 1 nitrogen and oxygen atoms in total. The molecule has 0 radical (unpaired) electrons. The number of alkyl halides is 3. The Morgan fingerprint density at radius 2 is 1.82 bits per heavy atom. The molecule has 0 saturated carbocycles. The van der Waals surface area contributed by atoms with Gasteiger partial charge in [-0.15, -0.1) is 12.4 Å². The molecule has 0 aliphatic carbocycles. The lowest BCUT2D eigenvalue weighted by Gasteiger charge is -2.39. The van der Waals surface area contributed by atoms with E-state index in [1.165, 1.54) is 0 Å². The van der Waals surface area contributed by atoms with Gasteiger partial charge in [-0.1, -0.05) is 6.92 Å². The molecule has 0 unspecified atom stereocenters. The molecule has 0 aromatic heterocycles. The summed E-state index contributed by atoms with van der Waals surface area (Å²) in [4.78, 5) is 0. The fourth-order valence-corrected chi connectivity index (χ4v) is 1.16. The lowest BCUT2D eigenvalue weighted by atomic mass is 9.81. The minimum absolute atomic E-state index is 0. The van der Waals surface area contributed by atoms with Crippen molar-refractivity contribution in [2.24, 2.45) is 5.41 Å². The van der Waals surface area contributed by atoms with Crippen LogP contribution in [-0.4, -0.2) is 19.3 Å². The Kier molecular flexibility index (Phi) is 3.20. The Morgan fingerprint density at radius 1 is 1.36 bits per heavy atom. The second-order valence-corrected chi connectivity index (χ2v) is 3.21. The van der Waals surface area contributed by atoms with E-state index in [1.807, 2.05) is 0 Å². The van der Waals surface area contributed by atoms with Crippen molar-refractivity contribution in [2.75, 3.05) is 13.1 Å². The monoisotopic (exact) mass is 189 g/mol. The Hall–Kier alpha value is 0.0400. The van der Waals surface area contributed by atoms with E-state index in [0.29, 0.717) is 13.1 Å². The van der Waals surface area contributed by atoms with Gasteiger partial charge in [0.2, 0.25) is 0 Å². The minimum Gasteiger partial charge on any atom is -0.316 e. The zero-order chi connectivity index (χ0) is 7.83. The van der Waals surface area contributed by atoms with Gasteiger partial charge in [-0.2, -0.15) is 13.2 Å². The second kappa shape index (κ2) is 3.19. The third-order valence-electron chi connectivity index (χ3n) is 1.73. The normalized spacial score (nSPS) is 21.8. The molecular formula is C6H11ClF3N. The maximum Gasteiger partial charge on any atom is 0.389 e. The average molecular weight is 190 g/mol. The largest absolute Gasteiger partial charge is 0.389 e. The lowest BCUT2D eigenvalue weighted by molar-refractivity contribution is -0.162. The standard InChI is InChI=1S/C6H10F3N.ClH/c1-5(3-10-4-5)2-6(7,8)9;/h10H,2-4H2,1H3;1H. The summed E-state index contributed by atoms with van der Waals surface area (Å²) in [6.45, 7) is 2.63. The van der Waals surface area contributed by atoms with E-state index in [9.17, 15) is 13.2 Å². The highest BCUT2D eigenvalue weighted by Gasteiger charge is 2.42. The van der Waals surface area contributed by atoms with Crippen molar-refractivity contribution in [3.05, 3.63) is 0 Å². The van der Waals surface area contributed by atoms with Crippen LogP contribution in [0.3, 0.4) is 0 Å². The molecule has 1 heterocycles. The van der Waals surface area contributed by atoms with Crippen molar-refractivity contribution in [3.63, 3.8) is 0 Å². The van der Waals surface area contributed by atoms with Gasteiger partial charge in [0.15, 0.2) is 0 Å². The van der Waals surface area contributed by atoms with Gasteiger partial charge >= 0.3 is 6.18 Å². The zero-order valence-electron chi connectivity index (χ0n) is 6.16. The fourth-order valence-electron chi connectivity index (χ4n) is 1.16. The first-order chi connectivity index (χ1) is 4.41. The van der Waals surface area contributed by atoms with E-state index in [0.717, 1.165) is 0 Å². The molecule has 1 aliphatic rings. The van der Waals surface area contributed by atoms with Gasteiger partial charge in [-0.05, 0) is 0 Å². The Bertz CT molecular complexity index is 130. The summed E-state index contributed by atoms with van der Waals surface area (Å²) in [6.07, 6.45) is -4.66. The van der Waals surface area contributed by atoms with Gasteiger partial charge in [0.25, 0.3) is 0 Å². The Labute approximate surface area is 69.8 Å². The van der Waals surface area contributed by atoms with Crippen LogP contribution in [0, 0.1) is 5.41 Å². The van der Waals surface area contributed by atoms with Crippen LogP contribution in [0.1, 0.15) is 13.3 Å². The van der Waals surface area contributed by atoms with Crippen LogP contribution in [0.2, 0.25) is 0 Å². The fraction of sp³-hybridized carbons (Fsp3) is 1.00. The van der Waals surface area contributed by atoms with Gasteiger partial charge in [0.05, 0.1) is 6.42 Å². The van der Waals surface area contributed by atoms with Crippen LogP contribution in [0.15, 0.2) is 0 Å². The molecule has 11 heavy (non-hydrogen) atoms. The third kappa shape index (κ3) is 3.29. The van der Waals surface area contributed by atoms with E-state index in [2.05, 4.69) is 5.32 Å². The Morgan fingerprint density at radius 3 is 1.91 bits per heavy atom. The number of halogens is 4. The first-order valence-corrected chi connectivity index (χ1v) is 3.19. The second-order valence-electron chi connectivity index (χ2n) is 3.21. The number of hydrogen-bond acceptors (Lipinski definition) is 1. The van der Waals surface area contributed by atoms with Crippen molar-refractivity contribution >= 4 is 12.4 Å². The van der Waals surface area contributed by atoms with Crippen molar-refractivity contribution in [2.45, 2.75) is 19.5 Å². The molecule has 0 aromatic carbocycles. The summed E-state index contributed by atoms with van der Waals surface area (Å²) in [5.74, 6) is 0. The van der Waals surface area contributed by atoms with Crippen LogP contribution in [0.25, 0.3) is 0 Å². The first kappa shape index (κ1) is 11.0. The van der Waals surface area contributed by atoms with Crippen molar-refractivity contribution in [1.29, 1.82) is 0 Å². The van der Waals surface area contributed by atoms with E-state index in [4.69, 9.17) is 0 Å². The topological polar surface area (TPSA) is 12.0 Å².